The Hall–Kier alpha value is -0.200. The van der Waals surface area contributed by atoms with Crippen LogP contribution in [0.1, 0.15) is 13.3 Å². The lowest BCUT2D eigenvalue weighted by Crippen LogP contribution is -2.58. The van der Waals surface area contributed by atoms with Gasteiger partial charge in [-0.05, 0) is 6.42 Å². The maximum Gasteiger partial charge on any atom is 0.111 e. The summed E-state index contributed by atoms with van der Waals surface area (Å²) in [6, 6.07) is 0. The first-order valence-electron chi connectivity index (χ1n) is 4.42. The van der Waals surface area contributed by atoms with Gasteiger partial charge in [0.2, 0.25) is 0 Å². The van der Waals surface area contributed by atoms with Gasteiger partial charge in [-0.1, -0.05) is 6.92 Å². The standard InChI is InChI=1S/C8H16O5/c1-2-4-6(10)8(12)7(11)5(3-9)13-4/h4-12H,2-3H2,1H3/t4-,5?,6?,7?,8+/m0/s1. The molecule has 0 aliphatic carbocycles. The molecule has 78 valence electrons. The second kappa shape index (κ2) is 4.34. The van der Waals surface area contributed by atoms with Crippen LogP contribution in [0.2, 0.25) is 0 Å². The number of hydrogen-bond donors (Lipinski definition) is 4. The van der Waals surface area contributed by atoms with Crippen LogP contribution in [-0.4, -0.2) is 57.6 Å². The maximum atomic E-state index is 9.40. The van der Waals surface area contributed by atoms with Crippen LogP contribution in [0.4, 0.5) is 0 Å². The number of ether oxygens (including phenoxy) is 1. The Bertz CT molecular complexity index is 143. The molecule has 5 nitrogen and oxygen atoms in total. The lowest BCUT2D eigenvalue weighted by molar-refractivity contribution is -0.229. The van der Waals surface area contributed by atoms with E-state index in [9.17, 15) is 15.3 Å². The highest BCUT2D eigenvalue weighted by molar-refractivity contribution is 4.91. The minimum Gasteiger partial charge on any atom is -0.394 e. The van der Waals surface area contributed by atoms with Crippen molar-refractivity contribution in [2.75, 3.05) is 6.61 Å². The van der Waals surface area contributed by atoms with E-state index in [1.54, 1.807) is 6.92 Å². The Labute approximate surface area is 76.6 Å². The lowest BCUT2D eigenvalue weighted by atomic mass is 9.94. The van der Waals surface area contributed by atoms with Crippen LogP contribution in [0, 0.1) is 0 Å². The average molecular weight is 192 g/mol. The Morgan fingerprint density at radius 1 is 1.00 bits per heavy atom. The normalized spacial score (nSPS) is 46.4. The largest absolute Gasteiger partial charge is 0.394 e. The van der Waals surface area contributed by atoms with Crippen molar-refractivity contribution < 1.29 is 25.2 Å². The van der Waals surface area contributed by atoms with Crippen LogP contribution in [0.5, 0.6) is 0 Å². The second-order valence-corrected chi connectivity index (χ2v) is 3.28. The molecule has 1 rings (SSSR count). The highest BCUT2D eigenvalue weighted by atomic mass is 16.5. The van der Waals surface area contributed by atoms with Crippen molar-refractivity contribution in [2.45, 2.75) is 43.9 Å². The maximum absolute atomic E-state index is 9.40. The molecule has 0 aromatic heterocycles. The van der Waals surface area contributed by atoms with Crippen molar-refractivity contribution in [3.05, 3.63) is 0 Å². The summed E-state index contributed by atoms with van der Waals surface area (Å²) in [5.41, 5.74) is 0. The van der Waals surface area contributed by atoms with Gasteiger partial charge in [0.15, 0.2) is 0 Å². The quantitative estimate of drug-likeness (QED) is 0.416. The first kappa shape index (κ1) is 10.9. The van der Waals surface area contributed by atoms with Crippen LogP contribution in [0.3, 0.4) is 0 Å². The van der Waals surface area contributed by atoms with Crippen LogP contribution in [-0.2, 0) is 4.74 Å². The fraction of sp³-hybridized carbons (Fsp3) is 1.00. The zero-order chi connectivity index (χ0) is 10.0. The third kappa shape index (κ3) is 2.00. The molecule has 0 saturated carbocycles. The molecule has 0 radical (unpaired) electrons. The first-order chi connectivity index (χ1) is 6.11. The highest BCUT2D eigenvalue weighted by Gasteiger charge is 2.42. The van der Waals surface area contributed by atoms with E-state index in [0.29, 0.717) is 6.42 Å². The molecule has 5 atom stereocenters. The van der Waals surface area contributed by atoms with E-state index in [2.05, 4.69) is 0 Å². The Morgan fingerprint density at radius 2 is 1.54 bits per heavy atom. The molecular weight excluding hydrogens is 176 g/mol. The molecule has 1 aliphatic heterocycles. The van der Waals surface area contributed by atoms with E-state index >= 15 is 0 Å². The molecule has 1 fully saturated rings. The van der Waals surface area contributed by atoms with E-state index in [4.69, 9.17) is 9.84 Å². The Balaban J connectivity index is 2.66. The molecule has 0 amide bonds. The van der Waals surface area contributed by atoms with Gasteiger partial charge in [-0.2, -0.15) is 0 Å². The van der Waals surface area contributed by atoms with Crippen molar-refractivity contribution in [2.24, 2.45) is 0 Å². The van der Waals surface area contributed by atoms with Crippen LogP contribution in [0.15, 0.2) is 0 Å². The number of aliphatic hydroxyl groups is 4. The zero-order valence-corrected chi connectivity index (χ0v) is 7.50. The van der Waals surface area contributed by atoms with Crippen LogP contribution in [0.25, 0.3) is 0 Å². The molecule has 5 heteroatoms. The van der Waals surface area contributed by atoms with Crippen molar-refractivity contribution in [1.29, 1.82) is 0 Å². The first-order valence-corrected chi connectivity index (χ1v) is 4.42. The SMILES string of the molecule is CC[C@@H]1OC(CO)C(O)[C@H](O)C1O. The second-order valence-electron chi connectivity index (χ2n) is 3.28. The molecule has 0 aromatic rings. The van der Waals surface area contributed by atoms with E-state index < -0.39 is 30.5 Å². The summed E-state index contributed by atoms with van der Waals surface area (Å²) in [7, 11) is 0. The Morgan fingerprint density at radius 3 is 2.00 bits per heavy atom. The van der Waals surface area contributed by atoms with Gasteiger partial charge < -0.3 is 25.2 Å². The summed E-state index contributed by atoms with van der Waals surface area (Å²) in [6.07, 6.45) is -4.33. The summed E-state index contributed by atoms with van der Waals surface area (Å²) in [6.45, 7) is 1.44. The van der Waals surface area contributed by atoms with Gasteiger partial charge >= 0.3 is 0 Å². The van der Waals surface area contributed by atoms with Gasteiger partial charge in [-0.3, -0.25) is 0 Å². The van der Waals surface area contributed by atoms with Gasteiger partial charge in [0.05, 0.1) is 12.7 Å². The van der Waals surface area contributed by atoms with Crippen LogP contribution >= 0.6 is 0 Å². The number of aliphatic hydroxyl groups excluding tert-OH is 4. The average Bonchev–Trinajstić information content (AvgIpc) is 2.15. The minimum atomic E-state index is -1.24. The van der Waals surface area contributed by atoms with Crippen molar-refractivity contribution in [3.8, 4) is 0 Å². The van der Waals surface area contributed by atoms with Crippen molar-refractivity contribution in [3.63, 3.8) is 0 Å². The third-order valence-electron chi connectivity index (χ3n) is 2.39. The third-order valence-corrected chi connectivity index (χ3v) is 2.39. The summed E-state index contributed by atoms with van der Waals surface area (Å²) in [5, 5.41) is 36.9. The minimum absolute atomic E-state index is 0.360. The van der Waals surface area contributed by atoms with Gasteiger partial charge in [0.1, 0.15) is 24.4 Å². The van der Waals surface area contributed by atoms with Crippen molar-refractivity contribution >= 4 is 0 Å². The number of rotatable bonds is 2. The topological polar surface area (TPSA) is 90.2 Å². The van der Waals surface area contributed by atoms with E-state index in [0.717, 1.165) is 0 Å². The van der Waals surface area contributed by atoms with E-state index in [1.807, 2.05) is 0 Å². The molecule has 1 heterocycles. The Kier molecular flexibility index (Phi) is 3.63. The zero-order valence-electron chi connectivity index (χ0n) is 7.50. The summed E-state index contributed by atoms with van der Waals surface area (Å²) >= 11 is 0. The summed E-state index contributed by atoms with van der Waals surface area (Å²) < 4.78 is 5.17. The van der Waals surface area contributed by atoms with E-state index in [1.165, 1.54) is 0 Å². The fourth-order valence-corrected chi connectivity index (χ4v) is 1.52. The molecule has 4 N–H and O–H groups in total. The van der Waals surface area contributed by atoms with E-state index in [-0.39, 0.29) is 6.61 Å². The van der Waals surface area contributed by atoms with Crippen LogP contribution < -0.4 is 0 Å². The molecule has 0 bridgehead atoms. The molecular formula is C8H16O5. The predicted octanol–water partition coefficient (Wildman–Crippen LogP) is -1.76. The van der Waals surface area contributed by atoms with Gasteiger partial charge in [0, 0.05) is 0 Å². The summed E-state index contributed by atoms with van der Waals surface area (Å²) in [5.74, 6) is 0. The fourth-order valence-electron chi connectivity index (χ4n) is 1.52. The molecule has 1 aliphatic rings. The lowest BCUT2D eigenvalue weighted by Gasteiger charge is -2.39. The predicted molar refractivity (Wildman–Crippen MR) is 44.1 cm³/mol. The molecule has 0 aromatic carbocycles. The molecule has 1 saturated heterocycles. The van der Waals surface area contributed by atoms with Crippen molar-refractivity contribution in [1.82, 2.24) is 0 Å². The van der Waals surface area contributed by atoms with Gasteiger partial charge in [-0.25, -0.2) is 0 Å². The summed E-state index contributed by atoms with van der Waals surface area (Å²) in [4.78, 5) is 0. The highest BCUT2D eigenvalue weighted by Crippen LogP contribution is 2.22. The number of hydrogen-bond acceptors (Lipinski definition) is 5. The molecule has 3 unspecified atom stereocenters. The monoisotopic (exact) mass is 192 g/mol. The molecule has 0 spiro atoms. The molecule has 13 heavy (non-hydrogen) atoms. The van der Waals surface area contributed by atoms with Gasteiger partial charge in [-0.15, -0.1) is 0 Å². The smallest absolute Gasteiger partial charge is 0.111 e. The van der Waals surface area contributed by atoms with Gasteiger partial charge in [0.25, 0.3) is 0 Å².